The third-order valence-electron chi connectivity index (χ3n) is 3.95. The van der Waals surface area contributed by atoms with Crippen molar-refractivity contribution >= 4 is 0 Å². The van der Waals surface area contributed by atoms with Crippen LogP contribution in [0.3, 0.4) is 0 Å². The lowest BCUT2D eigenvalue weighted by Gasteiger charge is -2.25. The molecule has 0 radical (unpaired) electrons. The SMILES string of the molecule is OC1CCCC(CNCc2nnc(-c3ccccc3)o2)C1. The van der Waals surface area contributed by atoms with Crippen LogP contribution in [-0.2, 0) is 6.54 Å². The molecule has 3 rings (SSSR count). The van der Waals surface area contributed by atoms with Gasteiger partial charge in [0.25, 0.3) is 0 Å². The molecule has 2 atom stereocenters. The molecule has 0 aliphatic heterocycles. The molecule has 5 nitrogen and oxygen atoms in total. The van der Waals surface area contributed by atoms with Crippen LogP contribution in [0.4, 0.5) is 0 Å². The number of nitrogens with zero attached hydrogens (tertiary/aromatic N) is 2. The van der Waals surface area contributed by atoms with E-state index in [9.17, 15) is 5.11 Å². The summed E-state index contributed by atoms with van der Waals surface area (Å²) in [6.45, 7) is 1.46. The van der Waals surface area contributed by atoms with E-state index in [0.29, 0.717) is 24.2 Å². The van der Waals surface area contributed by atoms with E-state index >= 15 is 0 Å². The Hall–Kier alpha value is -1.72. The Morgan fingerprint density at radius 1 is 1.19 bits per heavy atom. The molecule has 1 aliphatic rings. The lowest BCUT2D eigenvalue weighted by atomic mass is 9.87. The fraction of sp³-hybridized carbons (Fsp3) is 0.500. The molecular formula is C16H21N3O2. The van der Waals surface area contributed by atoms with Gasteiger partial charge in [-0.05, 0) is 43.9 Å². The molecule has 2 unspecified atom stereocenters. The van der Waals surface area contributed by atoms with Crippen molar-refractivity contribution in [1.29, 1.82) is 0 Å². The first-order valence-corrected chi connectivity index (χ1v) is 7.58. The second-order valence-corrected chi connectivity index (χ2v) is 5.68. The summed E-state index contributed by atoms with van der Waals surface area (Å²) in [5, 5.41) is 21.1. The fourth-order valence-corrected chi connectivity index (χ4v) is 2.85. The highest BCUT2D eigenvalue weighted by Gasteiger charge is 2.19. The van der Waals surface area contributed by atoms with Gasteiger partial charge in [0.1, 0.15) is 0 Å². The second kappa shape index (κ2) is 6.83. The van der Waals surface area contributed by atoms with Crippen LogP contribution in [0.25, 0.3) is 11.5 Å². The minimum Gasteiger partial charge on any atom is -0.419 e. The smallest absolute Gasteiger partial charge is 0.247 e. The standard InChI is InChI=1S/C16H21N3O2/c20-14-8-4-5-12(9-14)10-17-11-15-18-19-16(21-15)13-6-2-1-3-7-13/h1-3,6-7,12,14,17,20H,4-5,8-11H2. The van der Waals surface area contributed by atoms with E-state index < -0.39 is 0 Å². The Kier molecular flexibility index (Phi) is 4.62. The zero-order valence-corrected chi connectivity index (χ0v) is 12.0. The number of aliphatic hydroxyl groups is 1. The third kappa shape index (κ3) is 3.89. The average Bonchev–Trinajstić information content (AvgIpc) is 2.97. The van der Waals surface area contributed by atoms with Crippen molar-refractivity contribution in [1.82, 2.24) is 15.5 Å². The summed E-state index contributed by atoms with van der Waals surface area (Å²) < 4.78 is 5.65. The minimum atomic E-state index is -0.126. The topological polar surface area (TPSA) is 71.2 Å². The minimum absolute atomic E-state index is 0.126. The molecular weight excluding hydrogens is 266 g/mol. The second-order valence-electron chi connectivity index (χ2n) is 5.68. The molecule has 0 spiro atoms. The van der Waals surface area contributed by atoms with Crippen molar-refractivity contribution < 1.29 is 9.52 Å². The zero-order chi connectivity index (χ0) is 14.5. The Bertz CT molecular complexity index is 556. The average molecular weight is 287 g/mol. The molecule has 5 heteroatoms. The Labute approximate surface area is 124 Å². The van der Waals surface area contributed by atoms with Gasteiger partial charge in [0.15, 0.2) is 0 Å². The van der Waals surface area contributed by atoms with Gasteiger partial charge in [-0.2, -0.15) is 0 Å². The van der Waals surface area contributed by atoms with Gasteiger partial charge in [0.2, 0.25) is 11.8 Å². The fourth-order valence-electron chi connectivity index (χ4n) is 2.85. The highest BCUT2D eigenvalue weighted by molar-refractivity contribution is 5.51. The summed E-state index contributed by atoms with van der Waals surface area (Å²) in [4.78, 5) is 0. The molecule has 1 heterocycles. The van der Waals surface area contributed by atoms with Crippen molar-refractivity contribution in [2.75, 3.05) is 6.54 Å². The van der Waals surface area contributed by atoms with E-state index in [1.54, 1.807) is 0 Å². The first-order chi connectivity index (χ1) is 10.3. The number of aliphatic hydroxyl groups excluding tert-OH is 1. The number of hydrogen-bond donors (Lipinski definition) is 2. The first kappa shape index (κ1) is 14.2. The molecule has 0 amide bonds. The number of hydrogen-bond acceptors (Lipinski definition) is 5. The van der Waals surface area contributed by atoms with Gasteiger partial charge in [0.05, 0.1) is 12.6 Å². The lowest BCUT2D eigenvalue weighted by Crippen LogP contribution is -2.28. The Morgan fingerprint density at radius 2 is 2.05 bits per heavy atom. The maximum atomic E-state index is 9.66. The molecule has 1 aromatic heterocycles. The van der Waals surface area contributed by atoms with E-state index in [2.05, 4.69) is 15.5 Å². The molecule has 21 heavy (non-hydrogen) atoms. The molecule has 1 aromatic carbocycles. The van der Waals surface area contributed by atoms with Gasteiger partial charge in [-0.3, -0.25) is 0 Å². The van der Waals surface area contributed by atoms with Gasteiger partial charge in [-0.1, -0.05) is 24.6 Å². The van der Waals surface area contributed by atoms with E-state index in [0.717, 1.165) is 31.4 Å². The largest absolute Gasteiger partial charge is 0.419 e. The Balaban J connectivity index is 1.49. The summed E-state index contributed by atoms with van der Waals surface area (Å²) in [6.07, 6.45) is 4.01. The van der Waals surface area contributed by atoms with Crippen LogP contribution in [0.2, 0.25) is 0 Å². The van der Waals surface area contributed by atoms with Gasteiger partial charge >= 0.3 is 0 Å². The predicted octanol–water partition coefficient (Wildman–Crippen LogP) is 2.38. The van der Waals surface area contributed by atoms with Crippen LogP contribution < -0.4 is 5.32 Å². The van der Waals surface area contributed by atoms with Crippen molar-refractivity contribution in [2.24, 2.45) is 5.92 Å². The quantitative estimate of drug-likeness (QED) is 0.883. The highest BCUT2D eigenvalue weighted by atomic mass is 16.4. The third-order valence-corrected chi connectivity index (χ3v) is 3.95. The van der Waals surface area contributed by atoms with Gasteiger partial charge < -0.3 is 14.8 Å². The van der Waals surface area contributed by atoms with Gasteiger partial charge in [-0.15, -0.1) is 10.2 Å². The van der Waals surface area contributed by atoms with Crippen LogP contribution in [-0.4, -0.2) is 28.0 Å². The normalized spacial score (nSPS) is 22.3. The maximum absolute atomic E-state index is 9.66. The van der Waals surface area contributed by atoms with Crippen molar-refractivity contribution in [3.63, 3.8) is 0 Å². The summed E-state index contributed by atoms with van der Waals surface area (Å²) in [5.74, 6) is 1.70. The van der Waals surface area contributed by atoms with Gasteiger partial charge in [-0.25, -0.2) is 0 Å². The molecule has 2 aromatic rings. The molecule has 0 bridgehead atoms. The molecule has 112 valence electrons. The number of rotatable bonds is 5. The summed E-state index contributed by atoms with van der Waals surface area (Å²) in [7, 11) is 0. The van der Waals surface area contributed by atoms with Crippen LogP contribution in [0.5, 0.6) is 0 Å². The van der Waals surface area contributed by atoms with E-state index in [-0.39, 0.29) is 6.10 Å². The zero-order valence-electron chi connectivity index (χ0n) is 12.0. The van der Waals surface area contributed by atoms with E-state index in [1.165, 1.54) is 6.42 Å². The summed E-state index contributed by atoms with van der Waals surface area (Å²) in [5.41, 5.74) is 0.937. The highest BCUT2D eigenvalue weighted by Crippen LogP contribution is 2.23. The lowest BCUT2D eigenvalue weighted by molar-refractivity contribution is 0.100. The maximum Gasteiger partial charge on any atom is 0.247 e. The van der Waals surface area contributed by atoms with Crippen LogP contribution in [0.15, 0.2) is 34.7 Å². The van der Waals surface area contributed by atoms with E-state index in [1.807, 2.05) is 30.3 Å². The van der Waals surface area contributed by atoms with Crippen molar-refractivity contribution in [3.8, 4) is 11.5 Å². The predicted molar refractivity (Wildman–Crippen MR) is 79.4 cm³/mol. The number of aromatic nitrogens is 2. The molecule has 0 saturated heterocycles. The van der Waals surface area contributed by atoms with Crippen molar-refractivity contribution in [3.05, 3.63) is 36.2 Å². The summed E-state index contributed by atoms with van der Waals surface area (Å²) >= 11 is 0. The molecule has 2 N–H and O–H groups in total. The van der Waals surface area contributed by atoms with Gasteiger partial charge in [0, 0.05) is 5.56 Å². The number of benzene rings is 1. The first-order valence-electron chi connectivity index (χ1n) is 7.58. The number of nitrogens with one attached hydrogen (secondary N) is 1. The van der Waals surface area contributed by atoms with Crippen LogP contribution in [0, 0.1) is 5.92 Å². The van der Waals surface area contributed by atoms with Crippen molar-refractivity contribution in [2.45, 2.75) is 38.3 Å². The van der Waals surface area contributed by atoms with E-state index in [4.69, 9.17) is 4.42 Å². The Morgan fingerprint density at radius 3 is 2.86 bits per heavy atom. The van der Waals surface area contributed by atoms with Crippen LogP contribution in [0.1, 0.15) is 31.6 Å². The van der Waals surface area contributed by atoms with Crippen LogP contribution >= 0.6 is 0 Å². The summed E-state index contributed by atoms with van der Waals surface area (Å²) in [6, 6.07) is 9.76. The molecule has 1 aliphatic carbocycles. The monoisotopic (exact) mass is 287 g/mol. The molecule has 1 fully saturated rings. The molecule has 1 saturated carbocycles.